The average molecular weight is 327 g/mol. The Morgan fingerprint density at radius 3 is 3.00 bits per heavy atom. The molecule has 1 aliphatic rings. The fraction of sp³-hybridized carbons (Fsp3) is 0.500. The minimum atomic E-state index is -3.44. The Morgan fingerprint density at radius 1 is 1.43 bits per heavy atom. The van der Waals surface area contributed by atoms with Gasteiger partial charge in [-0.1, -0.05) is 5.21 Å². The van der Waals surface area contributed by atoms with E-state index in [0.29, 0.717) is 17.5 Å². The zero-order valence-electron chi connectivity index (χ0n) is 11.4. The average Bonchev–Trinajstić information content (AvgIpc) is 2.93. The van der Waals surface area contributed by atoms with Crippen LogP contribution in [0.15, 0.2) is 28.7 Å². The first-order valence-corrected chi connectivity index (χ1v) is 9.14. The number of thiophene rings is 1. The molecule has 21 heavy (non-hydrogen) atoms. The Kier molecular flexibility index (Phi) is 4.34. The van der Waals surface area contributed by atoms with E-state index in [0.717, 1.165) is 11.4 Å². The van der Waals surface area contributed by atoms with Crippen molar-refractivity contribution in [3.63, 3.8) is 0 Å². The van der Waals surface area contributed by atoms with Crippen molar-refractivity contribution in [1.82, 2.24) is 25.0 Å². The number of nitrogens with zero attached hydrogens (tertiary/aromatic N) is 3. The summed E-state index contributed by atoms with van der Waals surface area (Å²) in [5.74, 6) is 0. The van der Waals surface area contributed by atoms with Gasteiger partial charge < -0.3 is 5.32 Å². The van der Waals surface area contributed by atoms with Crippen LogP contribution in [0, 0.1) is 0 Å². The molecule has 7 nitrogen and oxygen atoms in total. The Labute approximate surface area is 127 Å². The Morgan fingerprint density at radius 2 is 2.29 bits per heavy atom. The summed E-state index contributed by atoms with van der Waals surface area (Å²) in [4.78, 5) is 1.37. The van der Waals surface area contributed by atoms with E-state index in [1.165, 1.54) is 24.2 Å². The molecule has 0 atom stereocenters. The predicted octanol–water partition coefficient (Wildman–Crippen LogP) is 0.570. The largest absolute Gasteiger partial charge is 0.309 e. The Bertz CT molecular complexity index is 676. The van der Waals surface area contributed by atoms with Gasteiger partial charge in [0.15, 0.2) is 0 Å². The van der Waals surface area contributed by atoms with Crippen molar-refractivity contribution in [3.05, 3.63) is 28.7 Å². The van der Waals surface area contributed by atoms with Crippen LogP contribution in [0.5, 0.6) is 0 Å². The summed E-state index contributed by atoms with van der Waals surface area (Å²) in [6.45, 7) is 1.49. The van der Waals surface area contributed by atoms with Crippen LogP contribution in [-0.4, -0.2) is 36.0 Å². The molecule has 2 aromatic rings. The molecule has 3 rings (SSSR count). The summed E-state index contributed by atoms with van der Waals surface area (Å²) in [6.07, 6.45) is 5.70. The van der Waals surface area contributed by atoms with Crippen LogP contribution in [0.4, 0.5) is 0 Å². The Balaban J connectivity index is 1.53. The maximum atomic E-state index is 12.2. The first-order chi connectivity index (χ1) is 10.1. The maximum Gasteiger partial charge on any atom is 0.241 e. The topological polar surface area (TPSA) is 88.9 Å². The SMILES string of the molecule is O=S(=O)(NCCn1ccnn1)c1csc(CNC2CC2)c1. The summed E-state index contributed by atoms with van der Waals surface area (Å²) < 4.78 is 28.5. The van der Waals surface area contributed by atoms with E-state index in [1.807, 2.05) is 0 Å². The molecule has 1 fully saturated rings. The molecule has 0 unspecified atom stereocenters. The molecule has 0 amide bonds. The van der Waals surface area contributed by atoms with Gasteiger partial charge in [0.2, 0.25) is 10.0 Å². The zero-order chi connectivity index (χ0) is 14.7. The van der Waals surface area contributed by atoms with Gasteiger partial charge in [0.05, 0.1) is 17.6 Å². The van der Waals surface area contributed by atoms with Crippen LogP contribution in [-0.2, 0) is 23.1 Å². The number of aromatic nitrogens is 3. The molecule has 0 bridgehead atoms. The van der Waals surface area contributed by atoms with E-state index in [-0.39, 0.29) is 6.54 Å². The molecule has 0 radical (unpaired) electrons. The first-order valence-electron chi connectivity index (χ1n) is 6.78. The lowest BCUT2D eigenvalue weighted by atomic mass is 10.4. The predicted molar refractivity (Wildman–Crippen MR) is 79.4 cm³/mol. The highest BCUT2D eigenvalue weighted by Gasteiger charge is 2.21. The van der Waals surface area contributed by atoms with Crippen molar-refractivity contribution < 1.29 is 8.42 Å². The zero-order valence-corrected chi connectivity index (χ0v) is 13.0. The first kappa shape index (κ1) is 14.6. The van der Waals surface area contributed by atoms with Crippen LogP contribution in [0.1, 0.15) is 17.7 Å². The van der Waals surface area contributed by atoms with E-state index < -0.39 is 10.0 Å². The lowest BCUT2D eigenvalue weighted by Crippen LogP contribution is -2.27. The number of nitrogens with one attached hydrogen (secondary N) is 2. The molecule has 0 saturated heterocycles. The highest BCUT2D eigenvalue weighted by Crippen LogP contribution is 2.22. The van der Waals surface area contributed by atoms with Crippen LogP contribution in [0.25, 0.3) is 0 Å². The van der Waals surface area contributed by atoms with Gasteiger partial charge in [-0.25, -0.2) is 13.1 Å². The highest BCUT2D eigenvalue weighted by molar-refractivity contribution is 7.89. The second-order valence-electron chi connectivity index (χ2n) is 4.97. The maximum absolute atomic E-state index is 12.2. The summed E-state index contributed by atoms with van der Waals surface area (Å²) in [6, 6.07) is 2.35. The summed E-state index contributed by atoms with van der Waals surface area (Å²) in [5, 5.41) is 12.5. The van der Waals surface area contributed by atoms with Crippen molar-refractivity contribution in [2.75, 3.05) is 6.54 Å². The van der Waals surface area contributed by atoms with Gasteiger partial charge >= 0.3 is 0 Å². The minimum Gasteiger partial charge on any atom is -0.309 e. The number of sulfonamides is 1. The third-order valence-corrected chi connectivity index (χ3v) is 5.71. The molecule has 9 heteroatoms. The molecule has 2 aromatic heterocycles. The molecule has 0 spiro atoms. The quantitative estimate of drug-likeness (QED) is 0.740. The van der Waals surface area contributed by atoms with Crippen molar-refractivity contribution in [2.24, 2.45) is 0 Å². The monoisotopic (exact) mass is 327 g/mol. The van der Waals surface area contributed by atoms with Gasteiger partial charge in [-0.2, -0.15) is 0 Å². The smallest absolute Gasteiger partial charge is 0.241 e. The van der Waals surface area contributed by atoms with Crippen molar-refractivity contribution >= 4 is 21.4 Å². The lowest BCUT2D eigenvalue weighted by Gasteiger charge is -2.04. The van der Waals surface area contributed by atoms with Crippen LogP contribution in [0.3, 0.4) is 0 Å². The molecule has 1 aliphatic carbocycles. The van der Waals surface area contributed by atoms with E-state index in [1.54, 1.807) is 28.5 Å². The van der Waals surface area contributed by atoms with Gasteiger partial charge in [0.1, 0.15) is 0 Å². The lowest BCUT2D eigenvalue weighted by molar-refractivity contribution is 0.553. The van der Waals surface area contributed by atoms with Crippen LogP contribution < -0.4 is 10.0 Å². The normalized spacial score (nSPS) is 15.4. The van der Waals surface area contributed by atoms with E-state index in [2.05, 4.69) is 20.4 Å². The van der Waals surface area contributed by atoms with Gasteiger partial charge in [-0.05, 0) is 18.9 Å². The summed E-state index contributed by atoms with van der Waals surface area (Å²) >= 11 is 1.47. The molecule has 1 saturated carbocycles. The van der Waals surface area contributed by atoms with Crippen molar-refractivity contribution in [1.29, 1.82) is 0 Å². The number of rotatable bonds is 8. The van der Waals surface area contributed by atoms with Crippen LogP contribution >= 0.6 is 11.3 Å². The van der Waals surface area contributed by atoms with Gasteiger partial charge in [0, 0.05) is 35.6 Å². The third-order valence-electron chi connectivity index (χ3n) is 3.19. The molecule has 114 valence electrons. The standard InChI is InChI=1S/C12H17N5O2S2/c18-21(19,15-4-6-17-5-3-14-16-17)12-7-11(20-9-12)8-13-10-1-2-10/h3,5,7,9-10,13,15H,1-2,4,6,8H2. The van der Waals surface area contributed by atoms with E-state index in [4.69, 9.17) is 0 Å². The van der Waals surface area contributed by atoms with E-state index >= 15 is 0 Å². The molecular formula is C12H17N5O2S2. The Hall–Kier alpha value is -1.29. The summed E-state index contributed by atoms with van der Waals surface area (Å²) in [7, 11) is -3.44. The molecule has 2 heterocycles. The van der Waals surface area contributed by atoms with Crippen LogP contribution in [0.2, 0.25) is 0 Å². The number of hydrogen-bond acceptors (Lipinski definition) is 6. The highest BCUT2D eigenvalue weighted by atomic mass is 32.2. The molecular weight excluding hydrogens is 310 g/mol. The molecule has 0 aliphatic heterocycles. The second kappa shape index (κ2) is 6.22. The van der Waals surface area contributed by atoms with Gasteiger partial charge in [-0.15, -0.1) is 16.4 Å². The van der Waals surface area contributed by atoms with E-state index in [9.17, 15) is 8.42 Å². The fourth-order valence-electron chi connectivity index (χ4n) is 1.86. The molecule has 0 aromatic carbocycles. The van der Waals surface area contributed by atoms with Crippen molar-refractivity contribution in [3.8, 4) is 0 Å². The fourth-order valence-corrected chi connectivity index (χ4v) is 4.10. The van der Waals surface area contributed by atoms with Gasteiger partial charge in [-0.3, -0.25) is 4.68 Å². The number of hydrogen-bond donors (Lipinski definition) is 2. The van der Waals surface area contributed by atoms with Crippen molar-refractivity contribution in [2.45, 2.75) is 36.9 Å². The summed E-state index contributed by atoms with van der Waals surface area (Å²) in [5.41, 5.74) is 0. The minimum absolute atomic E-state index is 0.289. The third kappa shape index (κ3) is 4.10. The molecule has 2 N–H and O–H groups in total. The van der Waals surface area contributed by atoms with Gasteiger partial charge in [0.25, 0.3) is 0 Å². The second-order valence-corrected chi connectivity index (χ2v) is 7.73.